The van der Waals surface area contributed by atoms with Crippen molar-refractivity contribution in [1.29, 1.82) is 0 Å². The van der Waals surface area contributed by atoms with Crippen LogP contribution in [0.25, 0.3) is 0 Å². The lowest BCUT2D eigenvalue weighted by molar-refractivity contribution is -0.137. The van der Waals surface area contributed by atoms with Crippen LogP contribution in [0.2, 0.25) is 5.02 Å². The van der Waals surface area contributed by atoms with Crippen LogP contribution in [0, 0.1) is 11.7 Å². The standard InChI is InChI=1S/C24H15ClF4N2O3/c25-16-10-5-11-17(26)18(16)20-19-21(34-31(20)14-7-2-1-3-8-14)23(33)30(22(19)32)15-9-4-6-13(12-15)24(27,28)29/h1-12,19-21H/t19-,20+,21-/m1/s1. The summed E-state index contributed by atoms with van der Waals surface area (Å²) in [5.41, 5.74) is -0.851. The van der Waals surface area contributed by atoms with E-state index in [0.717, 1.165) is 18.2 Å². The number of carbonyl (C=O) groups excluding carboxylic acids is 2. The first kappa shape index (κ1) is 22.4. The number of alkyl halides is 3. The van der Waals surface area contributed by atoms with Crippen LogP contribution in [0.4, 0.5) is 28.9 Å². The van der Waals surface area contributed by atoms with Crippen LogP contribution < -0.4 is 9.96 Å². The largest absolute Gasteiger partial charge is 0.416 e. The van der Waals surface area contributed by atoms with Crippen molar-refractivity contribution in [2.75, 3.05) is 9.96 Å². The summed E-state index contributed by atoms with van der Waals surface area (Å²) in [5.74, 6) is -3.60. The lowest BCUT2D eigenvalue weighted by Gasteiger charge is -2.29. The van der Waals surface area contributed by atoms with E-state index in [-0.39, 0.29) is 16.3 Å². The Morgan fingerprint density at radius 3 is 2.21 bits per heavy atom. The lowest BCUT2D eigenvalue weighted by atomic mass is 9.90. The zero-order chi connectivity index (χ0) is 24.2. The molecule has 5 nitrogen and oxygen atoms in total. The average Bonchev–Trinajstić information content (AvgIpc) is 3.30. The van der Waals surface area contributed by atoms with Gasteiger partial charge in [-0.05, 0) is 42.5 Å². The highest BCUT2D eigenvalue weighted by Gasteiger charge is 2.61. The maximum atomic E-state index is 15.0. The predicted molar refractivity (Wildman–Crippen MR) is 115 cm³/mol. The molecule has 3 aromatic carbocycles. The molecule has 2 aliphatic heterocycles. The summed E-state index contributed by atoms with van der Waals surface area (Å²) >= 11 is 6.30. The molecule has 3 aromatic rings. The van der Waals surface area contributed by atoms with Crippen molar-refractivity contribution in [1.82, 2.24) is 0 Å². The number of rotatable bonds is 3. The Labute approximate surface area is 196 Å². The van der Waals surface area contributed by atoms with Gasteiger partial charge in [0.15, 0.2) is 6.10 Å². The number of hydrogen-bond acceptors (Lipinski definition) is 4. The second-order valence-electron chi connectivity index (χ2n) is 7.85. The Kier molecular flexibility index (Phi) is 5.33. The van der Waals surface area contributed by atoms with Gasteiger partial charge in [-0.1, -0.05) is 41.9 Å². The Balaban J connectivity index is 1.61. The fourth-order valence-corrected chi connectivity index (χ4v) is 4.65. The highest BCUT2D eigenvalue weighted by Crippen LogP contribution is 2.49. The molecule has 0 unspecified atom stereocenters. The Hall–Kier alpha value is -3.43. The van der Waals surface area contributed by atoms with Gasteiger partial charge >= 0.3 is 6.18 Å². The third-order valence-electron chi connectivity index (χ3n) is 5.85. The molecule has 0 aliphatic carbocycles. The molecule has 0 aromatic heterocycles. The van der Waals surface area contributed by atoms with Crippen LogP contribution in [-0.4, -0.2) is 17.9 Å². The first-order valence-electron chi connectivity index (χ1n) is 10.2. The number of benzene rings is 3. The molecule has 0 N–H and O–H groups in total. The number of nitrogens with zero attached hydrogens (tertiary/aromatic N) is 2. The van der Waals surface area contributed by atoms with E-state index in [0.29, 0.717) is 10.6 Å². The minimum Gasteiger partial charge on any atom is -0.273 e. The van der Waals surface area contributed by atoms with E-state index in [2.05, 4.69) is 0 Å². The maximum absolute atomic E-state index is 15.0. The molecule has 0 bridgehead atoms. The smallest absolute Gasteiger partial charge is 0.273 e. The van der Waals surface area contributed by atoms with Gasteiger partial charge in [0.25, 0.3) is 5.91 Å². The summed E-state index contributed by atoms with van der Waals surface area (Å²) in [5, 5.41) is 1.28. The number of anilines is 2. The van der Waals surface area contributed by atoms with Gasteiger partial charge in [0.2, 0.25) is 5.91 Å². The van der Waals surface area contributed by atoms with E-state index in [4.69, 9.17) is 16.4 Å². The highest BCUT2D eigenvalue weighted by atomic mass is 35.5. The third kappa shape index (κ3) is 3.52. The zero-order valence-electron chi connectivity index (χ0n) is 17.2. The molecule has 2 heterocycles. The number of imide groups is 1. The van der Waals surface area contributed by atoms with Crippen molar-refractivity contribution in [2.24, 2.45) is 5.92 Å². The number of carbonyl (C=O) groups is 2. The average molecular weight is 491 g/mol. The summed E-state index contributed by atoms with van der Waals surface area (Å²) in [7, 11) is 0. The molecule has 2 saturated heterocycles. The number of halogens is 5. The van der Waals surface area contributed by atoms with Gasteiger partial charge in [-0.3, -0.25) is 14.4 Å². The van der Waals surface area contributed by atoms with Crippen molar-refractivity contribution in [3.05, 3.63) is 94.8 Å². The van der Waals surface area contributed by atoms with E-state index >= 15 is 0 Å². The summed E-state index contributed by atoms with van der Waals surface area (Å²) < 4.78 is 54.6. The topological polar surface area (TPSA) is 49.9 Å². The highest BCUT2D eigenvalue weighted by molar-refractivity contribution is 6.31. The van der Waals surface area contributed by atoms with Gasteiger partial charge in [0.1, 0.15) is 17.8 Å². The van der Waals surface area contributed by atoms with Crippen LogP contribution >= 0.6 is 11.6 Å². The fraction of sp³-hybridized carbons (Fsp3) is 0.167. The second-order valence-corrected chi connectivity index (χ2v) is 8.26. The van der Waals surface area contributed by atoms with E-state index in [1.807, 2.05) is 0 Å². The summed E-state index contributed by atoms with van der Waals surface area (Å²) in [6.07, 6.45) is -6.04. The van der Waals surface area contributed by atoms with Crippen molar-refractivity contribution in [3.63, 3.8) is 0 Å². The van der Waals surface area contributed by atoms with Crippen LogP contribution in [0.5, 0.6) is 0 Å². The number of para-hydroxylation sites is 1. The molecule has 0 radical (unpaired) electrons. The van der Waals surface area contributed by atoms with E-state index < -0.39 is 47.4 Å². The van der Waals surface area contributed by atoms with Crippen molar-refractivity contribution in [3.8, 4) is 0 Å². The molecule has 0 spiro atoms. The first-order chi connectivity index (χ1) is 16.2. The monoisotopic (exact) mass is 490 g/mol. The lowest BCUT2D eigenvalue weighted by Crippen LogP contribution is -2.37. The van der Waals surface area contributed by atoms with Crippen molar-refractivity contribution in [2.45, 2.75) is 18.3 Å². The minimum atomic E-state index is -4.67. The van der Waals surface area contributed by atoms with E-state index in [1.54, 1.807) is 30.3 Å². The second kappa shape index (κ2) is 8.11. The van der Waals surface area contributed by atoms with E-state index in [1.165, 1.54) is 29.3 Å². The van der Waals surface area contributed by atoms with Crippen LogP contribution in [0.1, 0.15) is 17.2 Å². The van der Waals surface area contributed by atoms with Crippen LogP contribution in [0.15, 0.2) is 72.8 Å². The quantitative estimate of drug-likeness (QED) is 0.357. The molecule has 5 rings (SSSR count). The fourth-order valence-electron chi connectivity index (χ4n) is 4.38. The molecule has 174 valence electrons. The Morgan fingerprint density at radius 2 is 1.53 bits per heavy atom. The van der Waals surface area contributed by atoms with Gasteiger partial charge in [0, 0.05) is 10.6 Å². The van der Waals surface area contributed by atoms with Gasteiger partial charge < -0.3 is 0 Å². The zero-order valence-corrected chi connectivity index (χ0v) is 17.9. The van der Waals surface area contributed by atoms with E-state index in [9.17, 15) is 27.2 Å². The molecule has 2 fully saturated rings. The van der Waals surface area contributed by atoms with Gasteiger partial charge in [-0.25, -0.2) is 14.4 Å². The summed E-state index contributed by atoms with van der Waals surface area (Å²) in [6.45, 7) is 0. The SMILES string of the molecule is O=C1[C@H]2[C@@H](ON(c3ccccc3)[C@H]2c2c(F)cccc2Cl)C(=O)N1c1cccc(C(F)(F)F)c1. The Bertz CT molecular complexity index is 1260. The van der Waals surface area contributed by atoms with Gasteiger partial charge in [0.05, 0.1) is 16.9 Å². The number of amides is 2. The molecular formula is C24H15ClF4N2O3. The maximum Gasteiger partial charge on any atom is 0.416 e. The van der Waals surface area contributed by atoms with Crippen LogP contribution in [0.3, 0.4) is 0 Å². The molecule has 34 heavy (non-hydrogen) atoms. The minimum absolute atomic E-state index is 0.0212. The molecule has 2 aliphatic rings. The molecule has 10 heteroatoms. The number of hydroxylamine groups is 1. The van der Waals surface area contributed by atoms with Crippen LogP contribution in [-0.2, 0) is 20.6 Å². The third-order valence-corrected chi connectivity index (χ3v) is 6.18. The number of fused-ring (bicyclic) bond motifs is 1. The van der Waals surface area contributed by atoms with Gasteiger partial charge in [-0.2, -0.15) is 13.2 Å². The first-order valence-corrected chi connectivity index (χ1v) is 10.6. The molecule has 3 atom stereocenters. The number of hydrogen-bond donors (Lipinski definition) is 0. The Morgan fingerprint density at radius 1 is 0.853 bits per heavy atom. The molecule has 0 saturated carbocycles. The normalized spacial score (nSPS) is 22.4. The van der Waals surface area contributed by atoms with Gasteiger partial charge in [-0.15, -0.1) is 0 Å². The summed E-state index contributed by atoms with van der Waals surface area (Å²) in [4.78, 5) is 33.2. The van der Waals surface area contributed by atoms with Crippen molar-refractivity contribution < 1.29 is 32.0 Å². The molecule has 2 amide bonds. The summed E-state index contributed by atoms with van der Waals surface area (Å²) in [6, 6.07) is 15.2. The molecular weight excluding hydrogens is 476 g/mol. The van der Waals surface area contributed by atoms with Crippen molar-refractivity contribution >= 4 is 34.8 Å². The predicted octanol–water partition coefficient (Wildman–Crippen LogP) is 5.55.